The zero-order valence-electron chi connectivity index (χ0n) is 15.0. The summed E-state index contributed by atoms with van der Waals surface area (Å²) in [6, 6.07) is 18.5. The lowest BCUT2D eigenvalue weighted by molar-refractivity contribution is -0.115. The van der Waals surface area contributed by atoms with Crippen molar-refractivity contribution in [3.63, 3.8) is 0 Å². The molecule has 8 heteroatoms. The molecule has 6 nitrogen and oxygen atoms in total. The Kier molecular flexibility index (Phi) is 5.08. The van der Waals surface area contributed by atoms with Gasteiger partial charge in [0.1, 0.15) is 0 Å². The zero-order valence-corrected chi connectivity index (χ0v) is 17.4. The van der Waals surface area contributed by atoms with Crippen molar-refractivity contribution in [2.24, 2.45) is 0 Å². The van der Waals surface area contributed by atoms with Gasteiger partial charge in [-0.05, 0) is 47.5 Å². The van der Waals surface area contributed by atoms with Crippen molar-refractivity contribution < 1.29 is 18.0 Å². The summed E-state index contributed by atoms with van der Waals surface area (Å²) in [4.78, 5) is 24.8. The molecule has 1 aliphatic carbocycles. The molecule has 0 aromatic heterocycles. The summed E-state index contributed by atoms with van der Waals surface area (Å²) in [5.74, 6) is -0.628. The first kappa shape index (κ1) is 19.5. The molecule has 0 heterocycles. The topological polar surface area (TPSA) is 92.3 Å². The SMILES string of the molecule is O=C(CNS(=O)(=O)c1ccc(Br)cc1)Nc1ccc2c(c1)C(=O)c1ccccc1-2. The minimum Gasteiger partial charge on any atom is -0.325 e. The van der Waals surface area contributed by atoms with Crippen molar-refractivity contribution in [3.05, 3.63) is 82.3 Å². The molecule has 3 aromatic carbocycles. The lowest BCUT2D eigenvalue weighted by atomic mass is 10.1. The van der Waals surface area contributed by atoms with Crippen molar-refractivity contribution in [2.45, 2.75) is 4.90 Å². The van der Waals surface area contributed by atoms with Crippen LogP contribution in [0, 0.1) is 0 Å². The molecule has 146 valence electrons. The molecule has 0 saturated carbocycles. The van der Waals surface area contributed by atoms with E-state index in [-0.39, 0.29) is 10.7 Å². The Morgan fingerprint density at radius 3 is 2.24 bits per heavy atom. The molecule has 0 spiro atoms. The maximum absolute atomic E-state index is 12.6. The predicted octanol–water partition coefficient (Wildman–Crippen LogP) is 3.58. The Labute approximate surface area is 176 Å². The first-order valence-corrected chi connectivity index (χ1v) is 11.0. The highest BCUT2D eigenvalue weighted by atomic mass is 79.9. The number of sulfonamides is 1. The molecule has 0 saturated heterocycles. The van der Waals surface area contributed by atoms with E-state index in [1.54, 1.807) is 36.4 Å². The monoisotopic (exact) mass is 470 g/mol. The van der Waals surface area contributed by atoms with Gasteiger partial charge in [-0.3, -0.25) is 9.59 Å². The predicted molar refractivity (Wildman–Crippen MR) is 113 cm³/mol. The summed E-state index contributed by atoms with van der Waals surface area (Å²) in [7, 11) is -3.80. The van der Waals surface area contributed by atoms with Crippen molar-refractivity contribution in [2.75, 3.05) is 11.9 Å². The largest absolute Gasteiger partial charge is 0.325 e. The number of carbonyl (C=O) groups excluding carboxylic acids is 2. The number of carbonyl (C=O) groups is 2. The fourth-order valence-corrected chi connectivity index (χ4v) is 4.42. The van der Waals surface area contributed by atoms with Gasteiger partial charge in [-0.2, -0.15) is 0 Å². The number of benzene rings is 3. The number of fused-ring (bicyclic) bond motifs is 3. The van der Waals surface area contributed by atoms with E-state index in [1.807, 2.05) is 18.2 Å². The number of anilines is 1. The van der Waals surface area contributed by atoms with E-state index in [0.29, 0.717) is 16.8 Å². The second-order valence-electron chi connectivity index (χ2n) is 6.46. The minimum absolute atomic E-state index is 0.0643. The van der Waals surface area contributed by atoms with Gasteiger partial charge in [-0.25, -0.2) is 13.1 Å². The Bertz CT molecular complexity index is 1240. The number of nitrogens with one attached hydrogen (secondary N) is 2. The molecular formula is C21H15BrN2O4S. The maximum atomic E-state index is 12.6. The minimum atomic E-state index is -3.80. The van der Waals surface area contributed by atoms with E-state index >= 15 is 0 Å². The Balaban J connectivity index is 1.45. The van der Waals surface area contributed by atoms with E-state index in [9.17, 15) is 18.0 Å². The summed E-state index contributed by atoms with van der Waals surface area (Å²) in [5.41, 5.74) is 3.26. The smallest absolute Gasteiger partial charge is 0.241 e. The van der Waals surface area contributed by atoms with E-state index in [4.69, 9.17) is 0 Å². The van der Waals surface area contributed by atoms with E-state index in [1.165, 1.54) is 12.1 Å². The molecule has 4 rings (SSSR count). The van der Waals surface area contributed by atoms with Crippen LogP contribution in [-0.2, 0) is 14.8 Å². The van der Waals surface area contributed by atoms with Crippen molar-refractivity contribution in [1.29, 1.82) is 0 Å². The van der Waals surface area contributed by atoms with Crippen molar-refractivity contribution in [3.8, 4) is 11.1 Å². The molecule has 0 unspecified atom stereocenters. The highest BCUT2D eigenvalue weighted by Crippen LogP contribution is 2.37. The van der Waals surface area contributed by atoms with Crippen LogP contribution < -0.4 is 10.0 Å². The Morgan fingerprint density at radius 1 is 0.862 bits per heavy atom. The van der Waals surface area contributed by atoms with Crippen LogP contribution in [0.25, 0.3) is 11.1 Å². The van der Waals surface area contributed by atoms with Gasteiger partial charge in [0.05, 0.1) is 11.4 Å². The van der Waals surface area contributed by atoms with Crippen LogP contribution in [-0.4, -0.2) is 26.7 Å². The van der Waals surface area contributed by atoms with E-state index in [2.05, 4.69) is 26.0 Å². The van der Waals surface area contributed by atoms with Crippen LogP contribution in [0.15, 0.2) is 76.1 Å². The van der Waals surface area contributed by atoms with Gasteiger partial charge in [0, 0.05) is 21.3 Å². The fourth-order valence-electron chi connectivity index (χ4n) is 3.17. The number of rotatable bonds is 5. The molecule has 3 aromatic rings. The van der Waals surface area contributed by atoms with E-state index in [0.717, 1.165) is 15.6 Å². The molecule has 0 bridgehead atoms. The average Bonchev–Trinajstić information content (AvgIpc) is 2.99. The Morgan fingerprint density at radius 2 is 1.52 bits per heavy atom. The Hall–Kier alpha value is -2.81. The van der Waals surface area contributed by atoms with E-state index < -0.39 is 22.5 Å². The quantitative estimate of drug-likeness (QED) is 0.466. The van der Waals surface area contributed by atoms with Gasteiger partial charge in [-0.1, -0.05) is 46.3 Å². The highest BCUT2D eigenvalue weighted by Gasteiger charge is 2.26. The number of amides is 1. The maximum Gasteiger partial charge on any atom is 0.241 e. The third-order valence-corrected chi connectivity index (χ3v) is 6.50. The number of ketones is 1. The van der Waals surface area contributed by atoms with Gasteiger partial charge in [0.2, 0.25) is 15.9 Å². The highest BCUT2D eigenvalue weighted by molar-refractivity contribution is 9.10. The van der Waals surface area contributed by atoms with Crippen molar-refractivity contribution in [1.82, 2.24) is 4.72 Å². The summed E-state index contributed by atoms with van der Waals surface area (Å²) >= 11 is 3.24. The average molecular weight is 471 g/mol. The van der Waals surface area contributed by atoms with Crippen LogP contribution in [0.2, 0.25) is 0 Å². The fraction of sp³-hybridized carbons (Fsp3) is 0.0476. The van der Waals surface area contributed by atoms with Gasteiger partial charge in [0.25, 0.3) is 0 Å². The first-order chi connectivity index (χ1) is 13.8. The van der Waals surface area contributed by atoms with Crippen molar-refractivity contribution >= 4 is 43.3 Å². The van der Waals surface area contributed by atoms with Gasteiger partial charge in [-0.15, -0.1) is 0 Å². The molecule has 0 aliphatic heterocycles. The molecule has 0 atom stereocenters. The molecule has 1 aliphatic rings. The van der Waals surface area contributed by atoms with Crippen LogP contribution >= 0.6 is 15.9 Å². The van der Waals surface area contributed by atoms with Gasteiger partial charge < -0.3 is 5.32 Å². The molecule has 1 amide bonds. The van der Waals surface area contributed by atoms with Crippen LogP contribution in [0.4, 0.5) is 5.69 Å². The standard InChI is InChI=1S/C21H15BrN2O4S/c22-13-5-8-15(9-6-13)29(27,28)23-12-20(25)24-14-7-10-17-16-3-1-2-4-18(16)21(26)19(17)11-14/h1-11,23H,12H2,(H,24,25). The first-order valence-electron chi connectivity index (χ1n) is 8.68. The molecular weight excluding hydrogens is 456 g/mol. The lowest BCUT2D eigenvalue weighted by Gasteiger charge is -2.09. The number of hydrogen-bond donors (Lipinski definition) is 2. The van der Waals surface area contributed by atoms with Gasteiger partial charge in [0.15, 0.2) is 5.78 Å². The second-order valence-corrected chi connectivity index (χ2v) is 9.14. The van der Waals surface area contributed by atoms with Gasteiger partial charge >= 0.3 is 0 Å². The summed E-state index contributed by atoms with van der Waals surface area (Å²) < 4.78 is 27.6. The molecule has 0 radical (unpaired) electrons. The third-order valence-electron chi connectivity index (χ3n) is 4.56. The number of halogens is 1. The summed E-state index contributed by atoms with van der Waals surface area (Å²) in [6.07, 6.45) is 0. The zero-order chi connectivity index (χ0) is 20.6. The molecule has 0 fully saturated rings. The molecule has 29 heavy (non-hydrogen) atoms. The molecule has 2 N–H and O–H groups in total. The van der Waals surface area contributed by atoms with Crippen LogP contribution in [0.3, 0.4) is 0 Å². The summed E-state index contributed by atoms with van der Waals surface area (Å²) in [6.45, 7) is -0.427. The lowest BCUT2D eigenvalue weighted by Crippen LogP contribution is -2.32. The summed E-state index contributed by atoms with van der Waals surface area (Å²) in [5, 5.41) is 2.63. The third kappa shape index (κ3) is 3.87. The second kappa shape index (κ2) is 7.55. The van der Waals surface area contributed by atoms with Crippen LogP contribution in [0.5, 0.6) is 0 Å². The normalized spacial score (nSPS) is 12.4. The number of hydrogen-bond acceptors (Lipinski definition) is 4. The van der Waals surface area contributed by atoms with Crippen LogP contribution in [0.1, 0.15) is 15.9 Å².